The standard InChI is InChI=1S/C28H34N2O4/c31-27(28(32,21-8-4-5-9-21)20-6-2-1-3-7-20)29-26-22-17-30(18-23(22)26)13-12-19-10-11-24-25(16-19)34-15-14-33-24/h1-3,6-7,10-11,16,21-23,26,32H,4-5,8-9,12-15,17-18H2,(H,29,31)/t22-,23+,26?,28?. The van der Waals surface area contributed by atoms with Gasteiger partial charge in [0, 0.05) is 31.6 Å². The SMILES string of the molecule is O=C(NC1[C@H]2CN(CCc3ccc4c(c3)OCCO4)C[C@@H]12)C(O)(c1ccccc1)C1CCCC1. The number of hydrogen-bond donors (Lipinski definition) is 2. The first-order valence-electron chi connectivity index (χ1n) is 12.8. The first-order valence-corrected chi connectivity index (χ1v) is 12.8. The molecule has 2 unspecified atom stereocenters. The Balaban J connectivity index is 1.04. The number of piperidine rings is 1. The molecule has 0 spiro atoms. The van der Waals surface area contributed by atoms with Crippen molar-refractivity contribution in [2.75, 3.05) is 32.8 Å². The van der Waals surface area contributed by atoms with Crippen LogP contribution in [0.2, 0.25) is 0 Å². The largest absolute Gasteiger partial charge is 0.486 e. The Bertz CT molecular complexity index is 1030. The maximum atomic E-state index is 13.4. The van der Waals surface area contributed by atoms with Gasteiger partial charge in [0.05, 0.1) is 0 Å². The minimum Gasteiger partial charge on any atom is -0.486 e. The van der Waals surface area contributed by atoms with E-state index in [9.17, 15) is 9.90 Å². The van der Waals surface area contributed by atoms with Crippen LogP contribution in [0.3, 0.4) is 0 Å². The average Bonchev–Trinajstić information content (AvgIpc) is 3.28. The number of benzene rings is 2. The molecule has 34 heavy (non-hydrogen) atoms. The zero-order valence-electron chi connectivity index (χ0n) is 19.6. The van der Waals surface area contributed by atoms with Crippen molar-refractivity contribution < 1.29 is 19.4 Å². The normalized spacial score (nSPS) is 27.7. The van der Waals surface area contributed by atoms with Crippen molar-refractivity contribution in [3.05, 3.63) is 59.7 Å². The minimum absolute atomic E-state index is 0.00372. The Morgan fingerprint density at radius 3 is 2.44 bits per heavy atom. The quantitative estimate of drug-likeness (QED) is 0.662. The number of ether oxygens (including phenoxy) is 2. The van der Waals surface area contributed by atoms with E-state index in [1.165, 1.54) is 5.56 Å². The van der Waals surface area contributed by atoms with Gasteiger partial charge < -0.3 is 24.8 Å². The lowest BCUT2D eigenvalue weighted by molar-refractivity contribution is -0.147. The molecule has 2 saturated carbocycles. The van der Waals surface area contributed by atoms with Crippen molar-refractivity contribution in [3.8, 4) is 11.5 Å². The summed E-state index contributed by atoms with van der Waals surface area (Å²) in [5.41, 5.74) is 0.567. The number of aliphatic hydroxyl groups is 1. The highest BCUT2D eigenvalue weighted by Gasteiger charge is 2.58. The van der Waals surface area contributed by atoms with Crippen LogP contribution in [0, 0.1) is 17.8 Å². The van der Waals surface area contributed by atoms with E-state index >= 15 is 0 Å². The first-order chi connectivity index (χ1) is 16.6. The average molecular weight is 463 g/mol. The van der Waals surface area contributed by atoms with Crippen LogP contribution in [0.25, 0.3) is 0 Å². The summed E-state index contributed by atoms with van der Waals surface area (Å²) < 4.78 is 11.3. The van der Waals surface area contributed by atoms with Crippen molar-refractivity contribution in [1.82, 2.24) is 10.2 Å². The van der Waals surface area contributed by atoms with Gasteiger partial charge in [-0.25, -0.2) is 0 Å². The number of amides is 1. The number of nitrogens with one attached hydrogen (secondary N) is 1. The highest BCUT2D eigenvalue weighted by Crippen LogP contribution is 2.47. The molecular weight excluding hydrogens is 428 g/mol. The Kier molecular flexibility index (Phi) is 5.74. The summed E-state index contributed by atoms with van der Waals surface area (Å²) in [4.78, 5) is 15.9. The van der Waals surface area contributed by atoms with Gasteiger partial charge in [0.25, 0.3) is 5.91 Å². The third-order valence-corrected chi connectivity index (χ3v) is 8.40. The smallest absolute Gasteiger partial charge is 0.257 e. The van der Waals surface area contributed by atoms with Crippen molar-refractivity contribution >= 4 is 5.91 Å². The predicted molar refractivity (Wildman–Crippen MR) is 129 cm³/mol. The van der Waals surface area contributed by atoms with Gasteiger partial charge in [-0.1, -0.05) is 49.2 Å². The molecule has 0 radical (unpaired) electrons. The van der Waals surface area contributed by atoms with E-state index < -0.39 is 5.60 Å². The molecule has 180 valence electrons. The molecule has 1 saturated heterocycles. The van der Waals surface area contributed by atoms with Crippen molar-refractivity contribution in [1.29, 1.82) is 0 Å². The van der Waals surface area contributed by atoms with Crippen molar-refractivity contribution in [2.24, 2.45) is 17.8 Å². The second kappa shape index (κ2) is 8.90. The molecule has 6 heteroatoms. The third kappa shape index (κ3) is 3.97. The van der Waals surface area contributed by atoms with Gasteiger partial charge >= 0.3 is 0 Å². The molecule has 0 aromatic heterocycles. The summed E-state index contributed by atoms with van der Waals surface area (Å²) in [6.07, 6.45) is 4.96. The monoisotopic (exact) mass is 462 g/mol. The zero-order valence-corrected chi connectivity index (χ0v) is 19.6. The number of carbonyl (C=O) groups is 1. The van der Waals surface area contributed by atoms with E-state index in [1.54, 1.807) is 0 Å². The van der Waals surface area contributed by atoms with E-state index in [0.29, 0.717) is 25.0 Å². The lowest BCUT2D eigenvalue weighted by Crippen LogP contribution is -2.51. The molecule has 0 bridgehead atoms. The van der Waals surface area contributed by atoms with Crippen LogP contribution < -0.4 is 14.8 Å². The molecule has 2 aliphatic carbocycles. The lowest BCUT2D eigenvalue weighted by atomic mass is 9.79. The maximum Gasteiger partial charge on any atom is 0.257 e. The highest BCUT2D eigenvalue weighted by atomic mass is 16.6. The number of likely N-dealkylation sites (tertiary alicyclic amines) is 1. The number of hydrogen-bond acceptors (Lipinski definition) is 5. The molecule has 4 atom stereocenters. The second-order valence-corrected chi connectivity index (χ2v) is 10.4. The van der Waals surface area contributed by atoms with E-state index in [1.807, 2.05) is 36.4 Å². The number of carbonyl (C=O) groups excluding carboxylic acids is 1. The van der Waals surface area contributed by atoms with Gasteiger partial charge in [0.2, 0.25) is 0 Å². The van der Waals surface area contributed by atoms with Crippen LogP contribution in [0.1, 0.15) is 36.8 Å². The van der Waals surface area contributed by atoms with Crippen molar-refractivity contribution in [2.45, 2.75) is 43.7 Å². The number of rotatable bonds is 7. The Labute approximate surface area is 201 Å². The van der Waals surface area contributed by atoms with Crippen LogP contribution in [0.15, 0.2) is 48.5 Å². The molecule has 3 fully saturated rings. The van der Waals surface area contributed by atoms with Crippen LogP contribution in [0.4, 0.5) is 0 Å². The number of fused-ring (bicyclic) bond motifs is 2. The van der Waals surface area contributed by atoms with Gasteiger partial charge in [-0.15, -0.1) is 0 Å². The van der Waals surface area contributed by atoms with E-state index in [0.717, 1.165) is 68.8 Å². The summed E-state index contributed by atoms with van der Waals surface area (Å²) >= 11 is 0. The third-order valence-electron chi connectivity index (χ3n) is 8.40. The van der Waals surface area contributed by atoms with E-state index in [-0.39, 0.29) is 17.9 Å². The highest BCUT2D eigenvalue weighted by molar-refractivity contribution is 5.87. The molecule has 1 amide bonds. The molecule has 2 N–H and O–H groups in total. The Morgan fingerprint density at radius 2 is 1.71 bits per heavy atom. The molecule has 6 nitrogen and oxygen atoms in total. The first kappa shape index (κ1) is 21.9. The summed E-state index contributed by atoms with van der Waals surface area (Å²) in [6, 6.07) is 16.0. The summed E-state index contributed by atoms with van der Waals surface area (Å²) in [5.74, 6) is 2.47. The maximum absolute atomic E-state index is 13.4. The van der Waals surface area contributed by atoms with Crippen molar-refractivity contribution in [3.63, 3.8) is 0 Å². The van der Waals surface area contributed by atoms with Gasteiger partial charge in [-0.05, 0) is 54.4 Å². The molecule has 4 aliphatic rings. The fourth-order valence-corrected chi connectivity index (χ4v) is 6.39. The van der Waals surface area contributed by atoms with Gasteiger partial charge in [0.15, 0.2) is 17.1 Å². The summed E-state index contributed by atoms with van der Waals surface area (Å²) in [7, 11) is 0. The summed E-state index contributed by atoms with van der Waals surface area (Å²) in [6.45, 7) is 4.24. The van der Waals surface area contributed by atoms with Crippen LogP contribution in [0.5, 0.6) is 11.5 Å². The molecular formula is C28H34N2O4. The zero-order chi connectivity index (χ0) is 23.1. The molecule has 2 aliphatic heterocycles. The molecule has 2 aromatic carbocycles. The van der Waals surface area contributed by atoms with Crippen LogP contribution >= 0.6 is 0 Å². The lowest BCUT2D eigenvalue weighted by Gasteiger charge is -2.33. The summed E-state index contributed by atoms with van der Waals surface area (Å²) in [5, 5.41) is 15.0. The fraction of sp³-hybridized carbons (Fsp3) is 0.536. The number of nitrogens with zero attached hydrogens (tertiary/aromatic N) is 1. The molecule has 2 aromatic rings. The van der Waals surface area contributed by atoms with Crippen LogP contribution in [-0.2, 0) is 16.8 Å². The van der Waals surface area contributed by atoms with Gasteiger partial charge in [-0.3, -0.25) is 4.79 Å². The van der Waals surface area contributed by atoms with E-state index in [4.69, 9.17) is 9.47 Å². The Hall–Kier alpha value is -2.57. The topological polar surface area (TPSA) is 71.0 Å². The van der Waals surface area contributed by atoms with Gasteiger partial charge in [-0.2, -0.15) is 0 Å². The molecule has 2 heterocycles. The predicted octanol–water partition coefficient (Wildman–Crippen LogP) is 3.12. The second-order valence-electron chi connectivity index (χ2n) is 10.4. The van der Waals surface area contributed by atoms with Gasteiger partial charge in [0.1, 0.15) is 13.2 Å². The molecule has 6 rings (SSSR count). The minimum atomic E-state index is -1.42. The van der Waals surface area contributed by atoms with Crippen LogP contribution in [-0.4, -0.2) is 54.8 Å². The Morgan fingerprint density at radius 1 is 1.00 bits per heavy atom. The van der Waals surface area contributed by atoms with E-state index in [2.05, 4.69) is 22.3 Å². The fourth-order valence-electron chi connectivity index (χ4n) is 6.39.